The zero-order valence-corrected chi connectivity index (χ0v) is 9.27. The summed E-state index contributed by atoms with van der Waals surface area (Å²) in [5.41, 5.74) is 0.0262. The van der Waals surface area contributed by atoms with E-state index in [0.29, 0.717) is 15.8 Å². The molecule has 1 heterocycles. The number of epoxide rings is 1. The maximum Gasteiger partial charge on any atom is 0.114 e. The second-order valence-corrected chi connectivity index (χ2v) is 5.59. The van der Waals surface area contributed by atoms with E-state index in [1.807, 2.05) is 6.08 Å². The lowest BCUT2D eigenvalue weighted by Crippen LogP contribution is -2.31. The molecular weight excluding hydrogens is 272 g/mol. The lowest BCUT2D eigenvalue weighted by molar-refractivity contribution is 0.330. The van der Waals surface area contributed by atoms with Crippen molar-refractivity contribution in [3.8, 4) is 0 Å². The molecule has 1 saturated carbocycles. The Hall–Kier alpha value is 0.660. The molecule has 0 spiro atoms. The van der Waals surface area contributed by atoms with Gasteiger partial charge < -0.3 is 4.74 Å². The van der Waals surface area contributed by atoms with Gasteiger partial charge in [0.1, 0.15) is 5.60 Å². The highest BCUT2D eigenvalue weighted by Crippen LogP contribution is 2.51. The molecule has 2 aliphatic rings. The molecule has 4 atom stereocenters. The van der Waals surface area contributed by atoms with E-state index < -0.39 is 0 Å². The number of halogens is 2. The predicted octanol–water partition coefficient (Wildman–Crippen LogP) is 2.63. The lowest BCUT2D eigenvalue weighted by Gasteiger charge is -2.23. The monoisotopic (exact) mass is 280 g/mol. The third-order valence-corrected chi connectivity index (χ3v) is 5.22. The van der Waals surface area contributed by atoms with Crippen LogP contribution in [0.15, 0.2) is 12.7 Å². The first kappa shape index (κ1) is 8.27. The predicted molar refractivity (Wildman–Crippen MR) is 52.5 cm³/mol. The Morgan fingerprint density at radius 3 is 2.82 bits per heavy atom. The van der Waals surface area contributed by atoms with E-state index in [1.54, 1.807) is 0 Å². The van der Waals surface area contributed by atoms with Crippen molar-refractivity contribution >= 4 is 31.9 Å². The highest BCUT2D eigenvalue weighted by Gasteiger charge is 2.58. The smallest absolute Gasteiger partial charge is 0.114 e. The van der Waals surface area contributed by atoms with Crippen LogP contribution in [0.25, 0.3) is 0 Å². The van der Waals surface area contributed by atoms with E-state index in [4.69, 9.17) is 4.74 Å². The fourth-order valence-corrected chi connectivity index (χ4v) is 2.95. The summed E-state index contributed by atoms with van der Waals surface area (Å²) >= 11 is 7.23. The van der Waals surface area contributed by atoms with Crippen LogP contribution in [0.3, 0.4) is 0 Å². The molecule has 0 aromatic heterocycles. The third-order valence-electron chi connectivity index (χ3n) is 2.54. The topological polar surface area (TPSA) is 12.5 Å². The highest BCUT2D eigenvalue weighted by atomic mass is 79.9. The van der Waals surface area contributed by atoms with Gasteiger partial charge in [-0.3, -0.25) is 0 Å². The van der Waals surface area contributed by atoms with Gasteiger partial charge in [0.2, 0.25) is 0 Å². The number of hydrogen-bond acceptors (Lipinski definition) is 1. The Morgan fingerprint density at radius 1 is 1.45 bits per heavy atom. The number of hydrogen-bond donors (Lipinski definition) is 0. The van der Waals surface area contributed by atoms with Crippen LogP contribution in [0, 0.1) is 0 Å². The molecule has 4 unspecified atom stereocenters. The summed E-state index contributed by atoms with van der Waals surface area (Å²) in [5.74, 6) is 0. The fourth-order valence-electron chi connectivity index (χ4n) is 1.71. The zero-order chi connectivity index (χ0) is 8.06. The van der Waals surface area contributed by atoms with Gasteiger partial charge in [-0.05, 0) is 12.8 Å². The van der Waals surface area contributed by atoms with E-state index in [9.17, 15) is 0 Å². The van der Waals surface area contributed by atoms with Gasteiger partial charge in [0, 0.05) is 9.65 Å². The molecule has 2 fully saturated rings. The highest BCUT2D eigenvalue weighted by molar-refractivity contribution is 9.12. The quantitative estimate of drug-likeness (QED) is 0.409. The lowest BCUT2D eigenvalue weighted by atomic mass is 9.89. The summed E-state index contributed by atoms with van der Waals surface area (Å²) in [7, 11) is 0. The summed E-state index contributed by atoms with van der Waals surface area (Å²) in [6.45, 7) is 3.80. The molecule has 1 nitrogen and oxygen atoms in total. The molecule has 0 aromatic rings. The molecule has 0 N–H and O–H groups in total. The maximum absolute atomic E-state index is 5.58. The summed E-state index contributed by atoms with van der Waals surface area (Å²) < 4.78 is 5.58. The van der Waals surface area contributed by atoms with Gasteiger partial charge in [-0.1, -0.05) is 37.9 Å². The van der Waals surface area contributed by atoms with Crippen molar-refractivity contribution in [3.63, 3.8) is 0 Å². The fraction of sp³-hybridized carbons (Fsp3) is 0.750. The Morgan fingerprint density at radius 2 is 2.18 bits per heavy atom. The largest absolute Gasteiger partial charge is 0.362 e. The Bertz CT molecular complexity index is 195. The van der Waals surface area contributed by atoms with Crippen molar-refractivity contribution in [2.75, 3.05) is 0 Å². The van der Waals surface area contributed by atoms with Gasteiger partial charge in [0.15, 0.2) is 0 Å². The summed E-state index contributed by atoms with van der Waals surface area (Å²) in [6.07, 6.45) is 4.53. The number of ether oxygens (including phenoxy) is 1. The second-order valence-electron chi connectivity index (χ2n) is 3.24. The van der Waals surface area contributed by atoms with Crippen LogP contribution in [-0.4, -0.2) is 21.4 Å². The van der Waals surface area contributed by atoms with Crippen molar-refractivity contribution in [1.29, 1.82) is 0 Å². The molecule has 0 bridgehead atoms. The average Bonchev–Trinajstić information content (AvgIpc) is 2.64. The van der Waals surface area contributed by atoms with Crippen LogP contribution in [0.5, 0.6) is 0 Å². The minimum Gasteiger partial charge on any atom is -0.362 e. The number of rotatable bonds is 1. The van der Waals surface area contributed by atoms with Crippen molar-refractivity contribution in [2.45, 2.75) is 34.2 Å². The summed E-state index contributed by atoms with van der Waals surface area (Å²) in [6, 6.07) is 0. The normalized spacial score (nSPS) is 54.9. The van der Waals surface area contributed by atoms with Gasteiger partial charge in [0.25, 0.3) is 0 Å². The van der Waals surface area contributed by atoms with E-state index >= 15 is 0 Å². The second kappa shape index (κ2) is 2.57. The van der Waals surface area contributed by atoms with Crippen molar-refractivity contribution < 1.29 is 4.74 Å². The first-order valence-electron chi connectivity index (χ1n) is 3.77. The molecule has 1 saturated heterocycles. The molecule has 0 radical (unpaired) electrons. The minimum absolute atomic E-state index is 0.0262. The van der Waals surface area contributed by atoms with Crippen molar-refractivity contribution in [1.82, 2.24) is 0 Å². The molecule has 1 aliphatic carbocycles. The van der Waals surface area contributed by atoms with Crippen molar-refractivity contribution in [3.05, 3.63) is 12.7 Å². The standard InChI is InChI=1S/C8H10Br2O/c1-2-8-4-6(10)5(9)3-7(8)11-8/h2,5-7H,1,3-4H2. The first-order chi connectivity index (χ1) is 5.18. The molecule has 62 valence electrons. The number of alkyl halides is 2. The van der Waals surface area contributed by atoms with Crippen LogP contribution >= 0.6 is 31.9 Å². The molecule has 3 heteroatoms. The van der Waals surface area contributed by atoms with E-state index in [1.165, 1.54) is 0 Å². The molecule has 11 heavy (non-hydrogen) atoms. The SMILES string of the molecule is C=CC12CC(Br)C(Br)CC1O2. The van der Waals surface area contributed by atoms with Gasteiger partial charge in [-0.25, -0.2) is 0 Å². The maximum atomic E-state index is 5.58. The Labute approximate surface area is 83.4 Å². The van der Waals surface area contributed by atoms with E-state index in [-0.39, 0.29) is 5.60 Å². The minimum atomic E-state index is 0.0262. The van der Waals surface area contributed by atoms with Gasteiger partial charge in [-0.15, -0.1) is 6.58 Å². The van der Waals surface area contributed by atoms with Gasteiger partial charge in [-0.2, -0.15) is 0 Å². The molecule has 0 aromatic carbocycles. The average molecular weight is 282 g/mol. The summed E-state index contributed by atoms with van der Waals surface area (Å²) in [4.78, 5) is 1.09. The summed E-state index contributed by atoms with van der Waals surface area (Å²) in [5, 5.41) is 0. The molecule has 0 amide bonds. The van der Waals surface area contributed by atoms with Crippen LogP contribution in [0.2, 0.25) is 0 Å². The zero-order valence-electron chi connectivity index (χ0n) is 6.09. The third kappa shape index (κ3) is 1.21. The number of fused-ring (bicyclic) bond motifs is 1. The van der Waals surface area contributed by atoms with Crippen LogP contribution in [-0.2, 0) is 4.74 Å². The first-order valence-corrected chi connectivity index (χ1v) is 5.60. The van der Waals surface area contributed by atoms with Crippen LogP contribution < -0.4 is 0 Å². The van der Waals surface area contributed by atoms with Gasteiger partial charge in [0.05, 0.1) is 6.10 Å². The Kier molecular flexibility index (Phi) is 1.93. The van der Waals surface area contributed by atoms with Gasteiger partial charge >= 0.3 is 0 Å². The van der Waals surface area contributed by atoms with Crippen LogP contribution in [0.4, 0.5) is 0 Å². The van der Waals surface area contributed by atoms with E-state index in [0.717, 1.165) is 12.8 Å². The molecule has 2 rings (SSSR count). The van der Waals surface area contributed by atoms with Crippen LogP contribution in [0.1, 0.15) is 12.8 Å². The van der Waals surface area contributed by atoms with E-state index in [2.05, 4.69) is 38.4 Å². The molecule has 1 aliphatic heterocycles. The Balaban J connectivity index is 2.09. The molecular formula is C8H10Br2O. The van der Waals surface area contributed by atoms with Crippen molar-refractivity contribution in [2.24, 2.45) is 0 Å².